The average Bonchev–Trinajstić information content (AvgIpc) is 3.18. The summed E-state index contributed by atoms with van der Waals surface area (Å²) < 4.78 is 26.4. The van der Waals surface area contributed by atoms with E-state index in [1.807, 2.05) is 0 Å². The number of carbonyl (C=O) groups is 2. The average molecular weight is 368 g/mol. The quantitative estimate of drug-likeness (QED) is 0.456. The van der Waals surface area contributed by atoms with Gasteiger partial charge in [0.1, 0.15) is 13.2 Å². The molecule has 2 aliphatic rings. The number of Topliss-reactive ketones (excluding diaryl/α,β-unsaturated/α-hetero) is 1. The molecular weight excluding hydrogens is 352 g/mol. The van der Waals surface area contributed by atoms with E-state index in [1.165, 1.54) is 6.08 Å². The number of ketones is 1. The van der Waals surface area contributed by atoms with Crippen molar-refractivity contribution < 1.29 is 33.3 Å². The number of esters is 1. The molecule has 0 amide bonds. The van der Waals surface area contributed by atoms with Crippen LogP contribution in [0.25, 0.3) is 6.08 Å². The maximum absolute atomic E-state index is 12.2. The van der Waals surface area contributed by atoms with Gasteiger partial charge in [-0.05, 0) is 42.0 Å². The van der Waals surface area contributed by atoms with Crippen molar-refractivity contribution in [2.75, 3.05) is 26.6 Å². The molecule has 0 radical (unpaired) electrons. The number of fused-ring (bicyclic) bond motifs is 2. The lowest BCUT2D eigenvalue weighted by Crippen LogP contribution is -2.17. The van der Waals surface area contributed by atoms with Gasteiger partial charge in [-0.2, -0.15) is 0 Å². The summed E-state index contributed by atoms with van der Waals surface area (Å²) in [4.78, 5) is 24.1. The number of carbonyl (C=O) groups excluding carboxylic acids is 2. The largest absolute Gasteiger partial charge is 0.486 e. The van der Waals surface area contributed by atoms with Gasteiger partial charge < -0.3 is 23.7 Å². The van der Waals surface area contributed by atoms with Gasteiger partial charge in [0.2, 0.25) is 6.79 Å². The zero-order valence-corrected chi connectivity index (χ0v) is 14.3. The summed E-state index contributed by atoms with van der Waals surface area (Å²) in [5, 5.41) is 0. The van der Waals surface area contributed by atoms with Crippen molar-refractivity contribution in [1.29, 1.82) is 0 Å². The van der Waals surface area contributed by atoms with Gasteiger partial charge in [0, 0.05) is 11.6 Å². The molecule has 0 spiro atoms. The van der Waals surface area contributed by atoms with Crippen LogP contribution in [-0.2, 0) is 9.53 Å². The summed E-state index contributed by atoms with van der Waals surface area (Å²) in [6, 6.07) is 10.2. The first-order valence-electron chi connectivity index (χ1n) is 8.36. The fourth-order valence-electron chi connectivity index (χ4n) is 2.67. The Hall–Kier alpha value is -3.48. The van der Waals surface area contributed by atoms with E-state index in [2.05, 4.69) is 0 Å². The highest BCUT2D eigenvalue weighted by Crippen LogP contribution is 2.33. The topological polar surface area (TPSA) is 80.3 Å². The lowest BCUT2D eigenvalue weighted by Gasteiger charge is -2.18. The zero-order chi connectivity index (χ0) is 18.6. The van der Waals surface area contributed by atoms with Crippen molar-refractivity contribution in [2.24, 2.45) is 0 Å². The van der Waals surface area contributed by atoms with Gasteiger partial charge in [-0.3, -0.25) is 4.79 Å². The van der Waals surface area contributed by atoms with Crippen LogP contribution in [0.15, 0.2) is 42.5 Å². The van der Waals surface area contributed by atoms with Gasteiger partial charge >= 0.3 is 5.97 Å². The number of rotatable bonds is 5. The predicted molar refractivity (Wildman–Crippen MR) is 94.3 cm³/mol. The Morgan fingerprint density at radius 1 is 0.889 bits per heavy atom. The van der Waals surface area contributed by atoms with Gasteiger partial charge in [-0.15, -0.1) is 0 Å². The summed E-state index contributed by atoms with van der Waals surface area (Å²) in [6.45, 7) is 0.744. The molecule has 0 saturated heterocycles. The number of ether oxygens (including phenoxy) is 5. The molecule has 0 aromatic heterocycles. The summed E-state index contributed by atoms with van der Waals surface area (Å²) in [6.07, 6.45) is 2.84. The molecule has 2 aliphatic heterocycles. The maximum atomic E-state index is 12.2. The highest BCUT2D eigenvalue weighted by molar-refractivity contribution is 5.99. The van der Waals surface area contributed by atoms with E-state index in [-0.39, 0.29) is 19.2 Å². The van der Waals surface area contributed by atoms with Gasteiger partial charge in [-0.1, -0.05) is 6.07 Å². The van der Waals surface area contributed by atoms with Crippen molar-refractivity contribution in [3.05, 3.63) is 53.6 Å². The molecule has 2 aromatic rings. The van der Waals surface area contributed by atoms with Crippen LogP contribution < -0.4 is 18.9 Å². The Morgan fingerprint density at radius 2 is 1.59 bits per heavy atom. The summed E-state index contributed by atoms with van der Waals surface area (Å²) in [5.41, 5.74) is 1.15. The first-order chi connectivity index (χ1) is 13.2. The fourth-order valence-corrected chi connectivity index (χ4v) is 2.67. The van der Waals surface area contributed by atoms with Gasteiger partial charge in [0.25, 0.3) is 0 Å². The fraction of sp³-hybridized carbons (Fsp3) is 0.200. The van der Waals surface area contributed by atoms with Crippen LogP contribution in [0.1, 0.15) is 15.9 Å². The van der Waals surface area contributed by atoms with Crippen LogP contribution in [0.5, 0.6) is 23.0 Å². The normalized spacial score (nSPS) is 14.2. The van der Waals surface area contributed by atoms with E-state index < -0.39 is 5.97 Å². The second kappa shape index (κ2) is 7.41. The van der Waals surface area contributed by atoms with E-state index in [0.717, 1.165) is 5.56 Å². The number of benzene rings is 2. The molecule has 0 saturated carbocycles. The monoisotopic (exact) mass is 368 g/mol. The first kappa shape index (κ1) is 17.0. The van der Waals surface area contributed by atoms with Crippen LogP contribution in [0, 0.1) is 0 Å². The van der Waals surface area contributed by atoms with Crippen molar-refractivity contribution in [1.82, 2.24) is 0 Å². The Kier molecular flexibility index (Phi) is 4.65. The summed E-state index contributed by atoms with van der Waals surface area (Å²) >= 11 is 0. The highest BCUT2D eigenvalue weighted by Gasteiger charge is 2.16. The third-order valence-electron chi connectivity index (χ3n) is 4.02. The molecular formula is C20H16O7. The van der Waals surface area contributed by atoms with Crippen LogP contribution in [0.4, 0.5) is 0 Å². The minimum Gasteiger partial charge on any atom is -0.486 e. The van der Waals surface area contributed by atoms with Crippen molar-refractivity contribution >= 4 is 17.8 Å². The number of hydrogen-bond donors (Lipinski definition) is 0. The van der Waals surface area contributed by atoms with Crippen LogP contribution in [-0.4, -0.2) is 38.4 Å². The molecule has 4 rings (SSSR count). The van der Waals surface area contributed by atoms with Crippen molar-refractivity contribution in [3.8, 4) is 23.0 Å². The molecule has 2 heterocycles. The maximum Gasteiger partial charge on any atom is 0.331 e. The lowest BCUT2D eigenvalue weighted by molar-refractivity contribution is -0.136. The van der Waals surface area contributed by atoms with E-state index in [4.69, 9.17) is 23.7 Å². The Labute approximate surface area is 155 Å². The second-order valence-corrected chi connectivity index (χ2v) is 5.84. The van der Waals surface area contributed by atoms with E-state index >= 15 is 0 Å². The summed E-state index contributed by atoms with van der Waals surface area (Å²) in [5.74, 6) is 1.47. The molecule has 0 atom stereocenters. The summed E-state index contributed by atoms with van der Waals surface area (Å²) in [7, 11) is 0. The minimum atomic E-state index is -0.612. The molecule has 7 heteroatoms. The molecule has 2 aromatic carbocycles. The van der Waals surface area contributed by atoms with Crippen LogP contribution in [0.3, 0.4) is 0 Å². The molecule has 27 heavy (non-hydrogen) atoms. The Balaban J connectivity index is 1.33. The molecule has 0 unspecified atom stereocenters. The SMILES string of the molecule is O=C(C=Cc1ccc2c(c1)OCO2)OCC(=O)c1ccc2c(c1)OCCO2. The Morgan fingerprint density at radius 3 is 2.48 bits per heavy atom. The van der Waals surface area contributed by atoms with Gasteiger partial charge in [0.05, 0.1) is 0 Å². The Bertz CT molecular complexity index is 917. The standard InChI is InChI=1S/C20H16O7/c21-15(14-3-5-16-19(10-14)24-8-7-23-16)11-25-20(22)6-2-13-1-4-17-18(9-13)27-12-26-17/h1-6,9-10H,7-8,11-12H2. The van der Waals surface area contributed by atoms with Crippen molar-refractivity contribution in [3.63, 3.8) is 0 Å². The van der Waals surface area contributed by atoms with E-state index in [9.17, 15) is 9.59 Å². The van der Waals surface area contributed by atoms with Crippen LogP contribution >= 0.6 is 0 Å². The molecule has 0 bridgehead atoms. The third kappa shape index (κ3) is 3.87. The highest BCUT2D eigenvalue weighted by atomic mass is 16.7. The van der Waals surface area contributed by atoms with Crippen molar-refractivity contribution in [2.45, 2.75) is 0 Å². The molecule has 0 fully saturated rings. The molecule has 0 N–H and O–H groups in total. The third-order valence-corrected chi connectivity index (χ3v) is 4.02. The zero-order valence-electron chi connectivity index (χ0n) is 14.3. The minimum absolute atomic E-state index is 0.187. The molecule has 7 nitrogen and oxygen atoms in total. The van der Waals surface area contributed by atoms with E-state index in [0.29, 0.717) is 41.8 Å². The predicted octanol–water partition coefficient (Wildman–Crippen LogP) is 2.63. The first-order valence-corrected chi connectivity index (χ1v) is 8.36. The van der Waals surface area contributed by atoms with E-state index in [1.54, 1.807) is 42.5 Å². The lowest BCUT2D eigenvalue weighted by atomic mass is 10.1. The van der Waals surface area contributed by atoms with Gasteiger partial charge in [-0.25, -0.2) is 4.79 Å². The molecule has 0 aliphatic carbocycles. The number of hydrogen-bond acceptors (Lipinski definition) is 7. The van der Waals surface area contributed by atoms with Crippen LogP contribution in [0.2, 0.25) is 0 Å². The second-order valence-electron chi connectivity index (χ2n) is 5.84. The molecule has 138 valence electrons. The van der Waals surface area contributed by atoms with Gasteiger partial charge in [0.15, 0.2) is 35.4 Å². The smallest absolute Gasteiger partial charge is 0.331 e.